The molecule has 0 aliphatic rings. The first kappa shape index (κ1) is 17.9. The van der Waals surface area contributed by atoms with Gasteiger partial charge in [-0.3, -0.25) is 0 Å². The highest BCUT2D eigenvalue weighted by Gasteiger charge is 2.24. The van der Waals surface area contributed by atoms with Gasteiger partial charge < -0.3 is 9.67 Å². The molecule has 0 radical (unpaired) electrons. The van der Waals surface area contributed by atoms with Crippen LogP contribution >= 0.6 is 11.8 Å². The summed E-state index contributed by atoms with van der Waals surface area (Å²) >= 11 is 1.44. The summed E-state index contributed by atoms with van der Waals surface area (Å²) < 4.78 is 1.78. The minimum atomic E-state index is -0.132. The van der Waals surface area contributed by atoms with Gasteiger partial charge in [0.1, 0.15) is 17.5 Å². The normalized spacial score (nSPS) is 12.7. The van der Waals surface area contributed by atoms with Gasteiger partial charge in [0.05, 0.1) is 5.69 Å². The van der Waals surface area contributed by atoms with Crippen LogP contribution < -0.4 is 0 Å². The lowest BCUT2D eigenvalue weighted by atomic mass is 9.90. The second kappa shape index (κ2) is 6.20. The highest BCUT2D eigenvalue weighted by molar-refractivity contribution is 7.99. The molecule has 0 fully saturated rings. The van der Waals surface area contributed by atoms with Crippen LogP contribution in [-0.2, 0) is 24.5 Å². The molecule has 7 heteroatoms. The van der Waals surface area contributed by atoms with E-state index < -0.39 is 0 Å². The average Bonchev–Trinajstić information content (AvgIpc) is 2.77. The third-order valence-electron chi connectivity index (χ3n) is 3.40. The Kier molecular flexibility index (Phi) is 4.82. The molecule has 0 saturated carbocycles. The lowest BCUT2D eigenvalue weighted by Crippen LogP contribution is -2.22. The molecular formula is C16H25N5OS. The van der Waals surface area contributed by atoms with Gasteiger partial charge in [0.15, 0.2) is 11.0 Å². The largest absolute Gasteiger partial charge is 0.388 e. The summed E-state index contributed by atoms with van der Waals surface area (Å²) in [5, 5.41) is 18.9. The molecule has 23 heavy (non-hydrogen) atoms. The van der Waals surface area contributed by atoms with Crippen LogP contribution in [0.5, 0.6) is 0 Å². The van der Waals surface area contributed by atoms with Gasteiger partial charge in [-0.2, -0.15) is 0 Å². The van der Waals surface area contributed by atoms with Crippen molar-refractivity contribution in [3.05, 3.63) is 23.4 Å². The van der Waals surface area contributed by atoms with E-state index >= 15 is 0 Å². The van der Waals surface area contributed by atoms with Crippen LogP contribution in [0.25, 0.3) is 0 Å². The topological polar surface area (TPSA) is 76.7 Å². The molecule has 0 spiro atoms. The van der Waals surface area contributed by atoms with Crippen LogP contribution in [0.1, 0.15) is 58.9 Å². The lowest BCUT2D eigenvalue weighted by Gasteiger charge is -2.23. The molecule has 2 rings (SSSR count). The van der Waals surface area contributed by atoms with Crippen molar-refractivity contribution in [3.8, 4) is 0 Å². The van der Waals surface area contributed by atoms with E-state index in [1.807, 2.05) is 13.1 Å². The molecule has 0 amide bonds. The third kappa shape index (κ3) is 4.09. The molecule has 0 saturated heterocycles. The van der Waals surface area contributed by atoms with E-state index in [0.717, 1.165) is 16.5 Å². The smallest absolute Gasteiger partial charge is 0.197 e. The van der Waals surface area contributed by atoms with Gasteiger partial charge in [-0.25, -0.2) is 9.97 Å². The minimum absolute atomic E-state index is 0.0611. The first-order chi connectivity index (χ1) is 10.5. The maximum atomic E-state index is 9.24. The van der Waals surface area contributed by atoms with Crippen molar-refractivity contribution >= 4 is 11.8 Å². The van der Waals surface area contributed by atoms with Gasteiger partial charge >= 0.3 is 0 Å². The number of rotatable bonds is 3. The summed E-state index contributed by atoms with van der Waals surface area (Å²) in [6.45, 7) is 12.6. The summed E-state index contributed by atoms with van der Waals surface area (Å²) in [5.74, 6) is 1.35. The fourth-order valence-electron chi connectivity index (χ4n) is 1.86. The molecule has 0 bridgehead atoms. The highest BCUT2D eigenvalue weighted by Crippen LogP contribution is 2.31. The zero-order valence-electron chi connectivity index (χ0n) is 14.9. The Balaban J connectivity index is 2.47. The molecule has 2 aromatic heterocycles. The van der Waals surface area contributed by atoms with E-state index in [1.165, 1.54) is 11.8 Å². The molecule has 2 aromatic rings. The number of hydrogen-bond acceptors (Lipinski definition) is 6. The van der Waals surface area contributed by atoms with Crippen molar-refractivity contribution < 1.29 is 5.11 Å². The van der Waals surface area contributed by atoms with Crippen LogP contribution in [-0.4, -0.2) is 29.8 Å². The van der Waals surface area contributed by atoms with Crippen molar-refractivity contribution in [2.75, 3.05) is 0 Å². The lowest BCUT2D eigenvalue weighted by molar-refractivity contribution is 0.266. The fraction of sp³-hybridized carbons (Fsp3) is 0.625. The van der Waals surface area contributed by atoms with Crippen LogP contribution in [0.2, 0.25) is 0 Å². The second-order valence-electron chi connectivity index (χ2n) is 7.63. The SMILES string of the molecule is Cn1c(CO)nnc1Sc1cc(C(C)(C)C)nc(C(C)(C)C)n1. The first-order valence-corrected chi connectivity index (χ1v) is 8.41. The summed E-state index contributed by atoms with van der Waals surface area (Å²) in [7, 11) is 1.84. The predicted molar refractivity (Wildman–Crippen MR) is 90.5 cm³/mol. The van der Waals surface area contributed by atoms with E-state index in [2.05, 4.69) is 51.7 Å². The standard InChI is InChI=1S/C16H25N5OS/c1-15(2,3)10-8-12(18-13(17-10)16(4,5)6)23-14-20-19-11(9-22)21(14)7/h8,22H,9H2,1-7H3. The van der Waals surface area contributed by atoms with Gasteiger partial charge in [-0.05, 0) is 17.8 Å². The van der Waals surface area contributed by atoms with Crippen molar-refractivity contribution in [1.82, 2.24) is 24.7 Å². The van der Waals surface area contributed by atoms with Gasteiger partial charge in [0.25, 0.3) is 0 Å². The monoisotopic (exact) mass is 335 g/mol. The second-order valence-corrected chi connectivity index (χ2v) is 8.62. The zero-order valence-corrected chi connectivity index (χ0v) is 15.7. The minimum Gasteiger partial charge on any atom is -0.388 e. The Labute approximate surface area is 141 Å². The van der Waals surface area contributed by atoms with Crippen molar-refractivity contribution in [2.45, 2.75) is 69.2 Å². The summed E-state index contributed by atoms with van der Waals surface area (Å²) in [6, 6.07) is 2.01. The number of aliphatic hydroxyl groups is 1. The number of aromatic nitrogens is 5. The number of hydrogen-bond donors (Lipinski definition) is 1. The molecule has 0 aromatic carbocycles. The summed E-state index contributed by atoms with van der Waals surface area (Å²) in [4.78, 5) is 9.45. The number of aliphatic hydroxyl groups excluding tert-OH is 1. The van der Waals surface area contributed by atoms with Crippen LogP contribution in [0.15, 0.2) is 16.2 Å². The summed E-state index contributed by atoms with van der Waals surface area (Å²) in [5.41, 5.74) is 0.811. The maximum Gasteiger partial charge on any atom is 0.197 e. The van der Waals surface area contributed by atoms with E-state index in [1.54, 1.807) is 4.57 Å². The van der Waals surface area contributed by atoms with Gasteiger partial charge in [0.2, 0.25) is 0 Å². The zero-order chi connectivity index (χ0) is 17.4. The van der Waals surface area contributed by atoms with Crippen LogP contribution in [0, 0.1) is 0 Å². The molecule has 6 nitrogen and oxygen atoms in total. The van der Waals surface area contributed by atoms with Crippen LogP contribution in [0.3, 0.4) is 0 Å². The summed E-state index contributed by atoms with van der Waals surface area (Å²) in [6.07, 6.45) is 0. The predicted octanol–water partition coefficient (Wildman–Crippen LogP) is 2.84. The maximum absolute atomic E-state index is 9.24. The molecular weight excluding hydrogens is 310 g/mol. The molecule has 126 valence electrons. The third-order valence-corrected chi connectivity index (χ3v) is 4.36. The van der Waals surface area contributed by atoms with Crippen molar-refractivity contribution in [3.63, 3.8) is 0 Å². The van der Waals surface area contributed by atoms with Crippen molar-refractivity contribution in [1.29, 1.82) is 0 Å². The highest BCUT2D eigenvalue weighted by atomic mass is 32.2. The first-order valence-electron chi connectivity index (χ1n) is 7.59. The number of nitrogens with zero attached hydrogens (tertiary/aromatic N) is 5. The average molecular weight is 335 g/mol. The molecule has 0 aliphatic heterocycles. The van der Waals surface area contributed by atoms with Gasteiger partial charge in [-0.1, -0.05) is 41.5 Å². The van der Waals surface area contributed by atoms with Crippen molar-refractivity contribution in [2.24, 2.45) is 7.05 Å². The Morgan fingerprint density at radius 1 is 1.04 bits per heavy atom. The molecule has 0 atom stereocenters. The Morgan fingerprint density at radius 2 is 1.70 bits per heavy atom. The van der Waals surface area contributed by atoms with E-state index in [0.29, 0.717) is 11.0 Å². The van der Waals surface area contributed by atoms with Crippen LogP contribution in [0.4, 0.5) is 0 Å². The molecule has 0 unspecified atom stereocenters. The quantitative estimate of drug-likeness (QED) is 0.869. The van der Waals surface area contributed by atoms with E-state index in [-0.39, 0.29) is 17.4 Å². The Morgan fingerprint density at radius 3 is 2.17 bits per heavy atom. The van der Waals surface area contributed by atoms with E-state index in [9.17, 15) is 5.11 Å². The van der Waals surface area contributed by atoms with Gasteiger partial charge in [0, 0.05) is 17.9 Å². The Bertz CT molecular complexity index is 665. The molecule has 2 heterocycles. The Hall–Kier alpha value is -1.47. The molecule has 1 N–H and O–H groups in total. The fourth-order valence-corrected chi connectivity index (χ4v) is 2.68. The molecule has 0 aliphatic carbocycles. The van der Waals surface area contributed by atoms with E-state index in [4.69, 9.17) is 9.97 Å². The van der Waals surface area contributed by atoms with Gasteiger partial charge in [-0.15, -0.1) is 10.2 Å².